The maximum absolute atomic E-state index is 13.5. The third kappa shape index (κ3) is 3.71. The molecule has 2 heterocycles. The van der Waals surface area contributed by atoms with Gasteiger partial charge in [0.2, 0.25) is 5.91 Å². The summed E-state index contributed by atoms with van der Waals surface area (Å²) in [6.07, 6.45) is 2.73. The minimum Gasteiger partial charge on any atom is -0.340 e. The van der Waals surface area contributed by atoms with Gasteiger partial charge < -0.3 is 10.2 Å². The van der Waals surface area contributed by atoms with Crippen LogP contribution in [0.1, 0.15) is 38.7 Å². The molecule has 2 saturated heterocycles. The molecule has 1 aromatic rings. The monoisotopic (exact) mass is 363 g/mol. The molecule has 2 aliphatic heterocycles. The normalized spacial score (nSPS) is 22.4. The van der Waals surface area contributed by atoms with Crippen LogP contribution in [0, 0.1) is 0 Å². The lowest BCUT2D eigenvalue weighted by atomic mass is 9.74. The van der Waals surface area contributed by atoms with Gasteiger partial charge in [0.1, 0.15) is 0 Å². The standard InChI is InChI=1S/C20H30ClN3O/c1-3-20(4-2,16-5-7-17(21)8-6-16)19(25)24-12-9-18(15-24)23-13-10-22-11-14-23/h5-8,18,22H,3-4,9-15H2,1-2H3. The van der Waals surface area contributed by atoms with Crippen LogP contribution in [0.4, 0.5) is 0 Å². The van der Waals surface area contributed by atoms with Crippen molar-refractivity contribution in [2.24, 2.45) is 0 Å². The van der Waals surface area contributed by atoms with Gasteiger partial charge in [-0.3, -0.25) is 9.69 Å². The number of amides is 1. The average molecular weight is 364 g/mol. The summed E-state index contributed by atoms with van der Waals surface area (Å²) < 4.78 is 0. The number of hydrogen-bond acceptors (Lipinski definition) is 3. The fraction of sp³-hybridized carbons (Fsp3) is 0.650. The second-order valence-corrected chi connectivity index (χ2v) is 7.71. The van der Waals surface area contributed by atoms with Crippen molar-refractivity contribution in [3.8, 4) is 0 Å². The summed E-state index contributed by atoms with van der Waals surface area (Å²) in [6, 6.07) is 8.37. The van der Waals surface area contributed by atoms with Gasteiger partial charge in [-0.05, 0) is 37.0 Å². The fourth-order valence-electron chi connectivity index (χ4n) is 4.43. The Balaban J connectivity index is 1.76. The van der Waals surface area contributed by atoms with Crippen LogP contribution in [0.3, 0.4) is 0 Å². The van der Waals surface area contributed by atoms with Gasteiger partial charge in [-0.1, -0.05) is 37.6 Å². The highest BCUT2D eigenvalue weighted by Gasteiger charge is 2.42. The summed E-state index contributed by atoms with van der Waals surface area (Å²) in [5.41, 5.74) is 0.667. The van der Waals surface area contributed by atoms with E-state index >= 15 is 0 Å². The molecule has 4 nitrogen and oxygen atoms in total. The van der Waals surface area contributed by atoms with Crippen LogP contribution in [0.15, 0.2) is 24.3 Å². The largest absolute Gasteiger partial charge is 0.340 e. The summed E-state index contributed by atoms with van der Waals surface area (Å²) in [5.74, 6) is 0.289. The van der Waals surface area contributed by atoms with E-state index in [0.29, 0.717) is 6.04 Å². The minimum atomic E-state index is -0.428. The van der Waals surface area contributed by atoms with E-state index in [1.807, 2.05) is 24.3 Å². The van der Waals surface area contributed by atoms with Crippen LogP contribution >= 0.6 is 11.6 Å². The molecule has 2 fully saturated rings. The van der Waals surface area contributed by atoms with Gasteiger partial charge in [0.15, 0.2) is 0 Å². The van der Waals surface area contributed by atoms with E-state index in [0.717, 1.165) is 69.1 Å². The van der Waals surface area contributed by atoms with Crippen LogP contribution in [-0.4, -0.2) is 61.0 Å². The number of hydrogen-bond donors (Lipinski definition) is 1. The highest BCUT2D eigenvalue weighted by Crippen LogP contribution is 2.36. The molecule has 1 unspecified atom stereocenters. The van der Waals surface area contributed by atoms with E-state index in [-0.39, 0.29) is 5.91 Å². The first-order valence-corrected chi connectivity index (χ1v) is 9.98. The molecule has 3 rings (SSSR count). The summed E-state index contributed by atoms with van der Waals surface area (Å²) in [5, 5.41) is 4.13. The molecule has 138 valence electrons. The first-order valence-electron chi connectivity index (χ1n) is 9.61. The van der Waals surface area contributed by atoms with Crippen molar-refractivity contribution >= 4 is 17.5 Å². The van der Waals surface area contributed by atoms with Crippen molar-refractivity contribution in [2.75, 3.05) is 39.3 Å². The second kappa shape index (κ2) is 8.07. The van der Waals surface area contributed by atoms with E-state index in [2.05, 4.69) is 29.0 Å². The number of nitrogens with zero attached hydrogens (tertiary/aromatic N) is 2. The molecule has 0 bridgehead atoms. The predicted octanol–water partition coefficient (Wildman–Crippen LogP) is 2.90. The predicted molar refractivity (Wildman–Crippen MR) is 103 cm³/mol. The van der Waals surface area contributed by atoms with Crippen molar-refractivity contribution in [3.05, 3.63) is 34.9 Å². The number of piperazine rings is 1. The zero-order valence-corrected chi connectivity index (χ0v) is 16.2. The van der Waals surface area contributed by atoms with Gasteiger partial charge in [-0.25, -0.2) is 0 Å². The molecule has 1 aromatic carbocycles. The first kappa shape index (κ1) is 18.7. The molecule has 0 radical (unpaired) electrons. The lowest BCUT2D eigenvalue weighted by Crippen LogP contribution is -2.50. The number of carbonyl (C=O) groups excluding carboxylic acids is 1. The van der Waals surface area contributed by atoms with E-state index in [9.17, 15) is 4.79 Å². The molecule has 2 aliphatic rings. The highest BCUT2D eigenvalue weighted by molar-refractivity contribution is 6.30. The zero-order chi connectivity index (χ0) is 17.9. The summed E-state index contributed by atoms with van der Waals surface area (Å²) in [6.45, 7) is 10.3. The third-order valence-corrected chi connectivity index (χ3v) is 6.38. The average Bonchev–Trinajstić information content (AvgIpc) is 3.15. The smallest absolute Gasteiger partial charge is 0.233 e. The molecule has 0 spiro atoms. The second-order valence-electron chi connectivity index (χ2n) is 7.28. The lowest BCUT2D eigenvalue weighted by molar-refractivity contribution is -0.137. The van der Waals surface area contributed by atoms with Crippen molar-refractivity contribution in [1.29, 1.82) is 0 Å². The van der Waals surface area contributed by atoms with Crippen LogP contribution < -0.4 is 5.32 Å². The maximum Gasteiger partial charge on any atom is 0.233 e. The molecule has 1 atom stereocenters. The Labute approximate surface area is 156 Å². The van der Waals surface area contributed by atoms with Gasteiger partial charge in [-0.2, -0.15) is 0 Å². The van der Waals surface area contributed by atoms with Crippen LogP contribution in [0.5, 0.6) is 0 Å². The molecule has 0 saturated carbocycles. The Hall–Kier alpha value is -1.10. The summed E-state index contributed by atoms with van der Waals surface area (Å²) in [4.78, 5) is 18.2. The van der Waals surface area contributed by atoms with Crippen LogP contribution in [-0.2, 0) is 10.2 Å². The number of carbonyl (C=O) groups is 1. The first-order chi connectivity index (χ1) is 12.1. The molecular formula is C20H30ClN3O. The Morgan fingerprint density at radius 3 is 2.40 bits per heavy atom. The van der Waals surface area contributed by atoms with Gasteiger partial charge in [0, 0.05) is 50.3 Å². The minimum absolute atomic E-state index is 0.289. The lowest BCUT2D eigenvalue weighted by Gasteiger charge is -2.36. The van der Waals surface area contributed by atoms with Crippen molar-refractivity contribution in [3.63, 3.8) is 0 Å². The van der Waals surface area contributed by atoms with E-state index in [1.54, 1.807) is 0 Å². The van der Waals surface area contributed by atoms with Gasteiger partial charge in [-0.15, -0.1) is 0 Å². The van der Waals surface area contributed by atoms with Crippen LogP contribution in [0.2, 0.25) is 5.02 Å². The topological polar surface area (TPSA) is 35.6 Å². The van der Waals surface area contributed by atoms with Gasteiger partial charge in [0.25, 0.3) is 0 Å². The number of halogens is 1. The quantitative estimate of drug-likeness (QED) is 0.873. The fourth-order valence-corrected chi connectivity index (χ4v) is 4.55. The van der Waals surface area contributed by atoms with E-state index in [4.69, 9.17) is 11.6 Å². The van der Waals surface area contributed by atoms with Gasteiger partial charge >= 0.3 is 0 Å². The highest BCUT2D eigenvalue weighted by atomic mass is 35.5. The molecule has 1 N–H and O–H groups in total. The zero-order valence-electron chi connectivity index (χ0n) is 15.4. The molecule has 0 aromatic heterocycles. The van der Waals surface area contributed by atoms with Gasteiger partial charge in [0.05, 0.1) is 5.41 Å². The van der Waals surface area contributed by atoms with Crippen molar-refractivity contribution < 1.29 is 4.79 Å². The molecule has 0 aliphatic carbocycles. The van der Waals surface area contributed by atoms with Crippen molar-refractivity contribution in [1.82, 2.24) is 15.1 Å². The Morgan fingerprint density at radius 1 is 1.16 bits per heavy atom. The molecular weight excluding hydrogens is 334 g/mol. The summed E-state index contributed by atoms with van der Waals surface area (Å²) in [7, 11) is 0. The third-order valence-electron chi connectivity index (χ3n) is 6.13. The molecule has 1 amide bonds. The number of rotatable bonds is 5. The summed E-state index contributed by atoms with van der Waals surface area (Å²) >= 11 is 6.05. The number of nitrogens with one attached hydrogen (secondary N) is 1. The Morgan fingerprint density at radius 2 is 1.80 bits per heavy atom. The maximum atomic E-state index is 13.5. The van der Waals surface area contributed by atoms with Crippen LogP contribution in [0.25, 0.3) is 0 Å². The molecule has 5 heteroatoms. The number of likely N-dealkylation sites (tertiary alicyclic amines) is 1. The SMILES string of the molecule is CCC(CC)(C(=O)N1CCC(N2CCNCC2)C1)c1ccc(Cl)cc1. The Kier molecular flexibility index (Phi) is 6.03. The van der Waals surface area contributed by atoms with E-state index < -0.39 is 5.41 Å². The molecule has 25 heavy (non-hydrogen) atoms. The Bertz CT molecular complexity index is 579. The number of benzene rings is 1. The van der Waals surface area contributed by atoms with Crippen molar-refractivity contribution in [2.45, 2.75) is 44.6 Å². The van der Waals surface area contributed by atoms with E-state index in [1.165, 1.54) is 0 Å².